The molecule has 0 aliphatic rings. The maximum Gasteiger partial charge on any atom is 0.119 e. The van der Waals surface area contributed by atoms with Crippen LogP contribution in [-0.4, -0.2) is 7.11 Å². The third kappa shape index (κ3) is 3.02. The summed E-state index contributed by atoms with van der Waals surface area (Å²) in [5.74, 6) is 0.839. The summed E-state index contributed by atoms with van der Waals surface area (Å²) in [5, 5.41) is 0. The van der Waals surface area contributed by atoms with Gasteiger partial charge in [-0.15, -0.1) is 0 Å². The van der Waals surface area contributed by atoms with Crippen LogP contribution in [-0.2, 0) is 5.41 Å². The van der Waals surface area contributed by atoms with Crippen LogP contribution in [0.15, 0.2) is 48.5 Å². The van der Waals surface area contributed by atoms with E-state index in [4.69, 9.17) is 10.5 Å². The lowest BCUT2D eigenvalue weighted by Crippen LogP contribution is -2.20. The van der Waals surface area contributed by atoms with Crippen molar-refractivity contribution >= 4 is 0 Å². The molecule has 0 aromatic heterocycles. The SMILES string of the molecule is COc1cccc(C(N)c2ccccc2C(C)(C)C)c1. The highest BCUT2D eigenvalue weighted by Gasteiger charge is 2.21. The van der Waals surface area contributed by atoms with E-state index in [-0.39, 0.29) is 11.5 Å². The van der Waals surface area contributed by atoms with E-state index in [1.165, 1.54) is 11.1 Å². The number of methoxy groups -OCH3 is 1. The van der Waals surface area contributed by atoms with Crippen molar-refractivity contribution < 1.29 is 4.74 Å². The first-order chi connectivity index (χ1) is 9.43. The summed E-state index contributed by atoms with van der Waals surface area (Å²) in [6, 6.07) is 16.2. The first-order valence-corrected chi connectivity index (χ1v) is 6.92. The first kappa shape index (κ1) is 14.6. The molecular weight excluding hydrogens is 246 g/mol. The van der Waals surface area contributed by atoms with Gasteiger partial charge in [-0.3, -0.25) is 0 Å². The van der Waals surface area contributed by atoms with Crippen molar-refractivity contribution in [3.8, 4) is 5.75 Å². The van der Waals surface area contributed by atoms with Gasteiger partial charge in [-0.1, -0.05) is 57.2 Å². The minimum absolute atomic E-state index is 0.0765. The molecule has 1 atom stereocenters. The molecule has 2 aromatic carbocycles. The predicted molar refractivity (Wildman–Crippen MR) is 84.2 cm³/mol. The maximum absolute atomic E-state index is 6.48. The highest BCUT2D eigenvalue weighted by Crippen LogP contribution is 2.32. The quantitative estimate of drug-likeness (QED) is 0.912. The molecule has 2 aromatic rings. The molecule has 0 saturated carbocycles. The molecule has 0 bridgehead atoms. The highest BCUT2D eigenvalue weighted by atomic mass is 16.5. The van der Waals surface area contributed by atoms with Gasteiger partial charge in [0.25, 0.3) is 0 Å². The Kier molecular flexibility index (Phi) is 4.15. The van der Waals surface area contributed by atoms with Crippen LogP contribution in [0.1, 0.15) is 43.5 Å². The van der Waals surface area contributed by atoms with E-state index in [1.807, 2.05) is 30.3 Å². The molecule has 0 heterocycles. The van der Waals surface area contributed by atoms with E-state index in [0.29, 0.717) is 0 Å². The summed E-state index contributed by atoms with van der Waals surface area (Å²) in [6.45, 7) is 6.64. The van der Waals surface area contributed by atoms with E-state index < -0.39 is 0 Å². The zero-order chi connectivity index (χ0) is 14.8. The smallest absolute Gasteiger partial charge is 0.119 e. The van der Waals surface area contributed by atoms with Gasteiger partial charge < -0.3 is 10.5 Å². The predicted octanol–water partition coefficient (Wildman–Crippen LogP) is 4.04. The molecule has 0 fully saturated rings. The monoisotopic (exact) mass is 269 g/mol. The highest BCUT2D eigenvalue weighted by molar-refractivity contribution is 5.42. The third-order valence-corrected chi connectivity index (χ3v) is 3.56. The fourth-order valence-corrected chi connectivity index (χ4v) is 2.47. The fourth-order valence-electron chi connectivity index (χ4n) is 2.47. The van der Waals surface area contributed by atoms with Crippen molar-refractivity contribution in [3.63, 3.8) is 0 Å². The van der Waals surface area contributed by atoms with Crippen LogP contribution in [0.3, 0.4) is 0 Å². The number of rotatable bonds is 3. The van der Waals surface area contributed by atoms with Gasteiger partial charge in [0.2, 0.25) is 0 Å². The number of benzene rings is 2. The average molecular weight is 269 g/mol. The van der Waals surface area contributed by atoms with Crippen molar-refractivity contribution in [1.29, 1.82) is 0 Å². The molecule has 2 rings (SSSR count). The number of hydrogen-bond donors (Lipinski definition) is 1. The van der Waals surface area contributed by atoms with Gasteiger partial charge >= 0.3 is 0 Å². The third-order valence-electron chi connectivity index (χ3n) is 3.56. The molecule has 0 aliphatic carbocycles. The van der Waals surface area contributed by atoms with Crippen LogP contribution in [0.2, 0.25) is 0 Å². The zero-order valence-electron chi connectivity index (χ0n) is 12.7. The largest absolute Gasteiger partial charge is 0.497 e. The van der Waals surface area contributed by atoms with E-state index in [2.05, 4.69) is 39.0 Å². The second-order valence-corrected chi connectivity index (χ2v) is 6.09. The Hall–Kier alpha value is -1.80. The van der Waals surface area contributed by atoms with Crippen LogP contribution >= 0.6 is 0 Å². The Balaban J connectivity index is 2.45. The second-order valence-electron chi connectivity index (χ2n) is 6.09. The van der Waals surface area contributed by atoms with Gasteiger partial charge in [0.1, 0.15) is 5.75 Å². The molecule has 0 radical (unpaired) electrons. The Morgan fingerprint density at radius 3 is 2.35 bits per heavy atom. The Morgan fingerprint density at radius 1 is 1.00 bits per heavy atom. The topological polar surface area (TPSA) is 35.2 Å². The first-order valence-electron chi connectivity index (χ1n) is 6.92. The molecule has 106 valence electrons. The van der Waals surface area contributed by atoms with E-state index in [9.17, 15) is 0 Å². The van der Waals surface area contributed by atoms with Gasteiger partial charge in [-0.25, -0.2) is 0 Å². The number of nitrogens with two attached hydrogens (primary N) is 1. The molecule has 1 unspecified atom stereocenters. The summed E-state index contributed by atoms with van der Waals surface area (Å²) in [6.07, 6.45) is 0. The van der Waals surface area contributed by atoms with Crippen LogP contribution < -0.4 is 10.5 Å². The molecular formula is C18H23NO. The number of hydrogen-bond acceptors (Lipinski definition) is 2. The van der Waals surface area contributed by atoms with E-state index >= 15 is 0 Å². The van der Waals surface area contributed by atoms with Crippen LogP contribution in [0.5, 0.6) is 5.75 Å². The lowest BCUT2D eigenvalue weighted by atomic mass is 9.81. The molecule has 2 N–H and O–H groups in total. The van der Waals surface area contributed by atoms with Gasteiger partial charge in [-0.2, -0.15) is 0 Å². The Labute approximate surface area is 121 Å². The van der Waals surface area contributed by atoms with Gasteiger partial charge in [0.05, 0.1) is 13.2 Å². The summed E-state index contributed by atoms with van der Waals surface area (Å²) >= 11 is 0. The fraction of sp³-hybridized carbons (Fsp3) is 0.333. The van der Waals surface area contributed by atoms with Gasteiger partial charge in [0, 0.05) is 0 Å². The lowest BCUT2D eigenvalue weighted by molar-refractivity contribution is 0.414. The van der Waals surface area contributed by atoms with Crippen molar-refractivity contribution in [1.82, 2.24) is 0 Å². The van der Waals surface area contributed by atoms with Crippen LogP contribution in [0, 0.1) is 0 Å². The average Bonchev–Trinajstić information content (AvgIpc) is 2.45. The minimum atomic E-state index is -0.138. The molecule has 20 heavy (non-hydrogen) atoms. The molecule has 0 spiro atoms. The van der Waals surface area contributed by atoms with Gasteiger partial charge in [-0.05, 0) is 34.2 Å². The van der Waals surface area contributed by atoms with Crippen molar-refractivity contribution in [2.24, 2.45) is 5.73 Å². The molecule has 0 amide bonds. The molecule has 0 aliphatic heterocycles. The minimum Gasteiger partial charge on any atom is -0.497 e. The van der Waals surface area contributed by atoms with Crippen LogP contribution in [0.25, 0.3) is 0 Å². The summed E-state index contributed by atoms with van der Waals surface area (Å²) in [5.41, 5.74) is 10.1. The van der Waals surface area contributed by atoms with Gasteiger partial charge in [0.15, 0.2) is 0 Å². The summed E-state index contributed by atoms with van der Waals surface area (Å²) < 4.78 is 5.28. The summed E-state index contributed by atoms with van der Waals surface area (Å²) in [4.78, 5) is 0. The van der Waals surface area contributed by atoms with Crippen molar-refractivity contribution in [2.45, 2.75) is 32.2 Å². The lowest BCUT2D eigenvalue weighted by Gasteiger charge is -2.26. The van der Waals surface area contributed by atoms with E-state index in [1.54, 1.807) is 7.11 Å². The molecule has 0 saturated heterocycles. The van der Waals surface area contributed by atoms with Crippen molar-refractivity contribution in [2.75, 3.05) is 7.11 Å². The normalized spacial score (nSPS) is 13.1. The zero-order valence-corrected chi connectivity index (χ0v) is 12.7. The summed E-state index contributed by atoms with van der Waals surface area (Å²) in [7, 11) is 1.67. The van der Waals surface area contributed by atoms with Crippen molar-refractivity contribution in [3.05, 3.63) is 65.2 Å². The molecule has 2 heteroatoms. The maximum atomic E-state index is 6.48. The van der Waals surface area contributed by atoms with Crippen LogP contribution in [0.4, 0.5) is 0 Å². The standard InChI is InChI=1S/C18H23NO/c1-18(2,3)16-11-6-5-10-15(16)17(19)13-8-7-9-14(12-13)20-4/h5-12,17H,19H2,1-4H3. The Bertz CT molecular complexity index is 584. The number of ether oxygens (including phenoxy) is 1. The second kappa shape index (κ2) is 5.68. The molecule has 2 nitrogen and oxygen atoms in total. The Morgan fingerprint density at radius 2 is 1.70 bits per heavy atom. The van der Waals surface area contributed by atoms with E-state index in [0.717, 1.165) is 11.3 Å².